The summed E-state index contributed by atoms with van der Waals surface area (Å²) in [6.07, 6.45) is 0.210. The normalized spacial score (nSPS) is 13.0. The average molecular weight is 492 g/mol. The number of benzene rings is 3. The largest absolute Gasteiger partial charge is 0.480 e. The topological polar surface area (TPSA) is 108 Å². The molecule has 180 valence electrons. The fraction of sp³-hybridized carbons (Fsp3) is 0.185. The molecule has 2 atom stereocenters. The van der Waals surface area contributed by atoms with Crippen molar-refractivity contribution >= 4 is 39.7 Å². The lowest BCUT2D eigenvalue weighted by Gasteiger charge is -2.29. The number of hydrogen-bond acceptors (Lipinski definition) is 4. The Morgan fingerprint density at radius 2 is 1.54 bits per heavy atom. The maximum atomic E-state index is 12.7. The Morgan fingerprint density at radius 1 is 0.943 bits per heavy atom. The Bertz CT molecular complexity index is 1340. The van der Waals surface area contributed by atoms with E-state index in [-0.39, 0.29) is 18.1 Å². The van der Waals surface area contributed by atoms with Crippen LogP contribution in [-0.2, 0) is 22.5 Å². The number of furan rings is 1. The minimum absolute atomic E-state index is 0.103. The van der Waals surface area contributed by atoms with Crippen LogP contribution in [0.1, 0.15) is 30.0 Å². The highest BCUT2D eigenvalue weighted by Gasteiger charge is 2.32. The van der Waals surface area contributed by atoms with Crippen molar-refractivity contribution in [2.24, 2.45) is 5.92 Å². The maximum absolute atomic E-state index is 12.7. The average Bonchev–Trinajstić information content (AvgIpc) is 3.27. The van der Waals surface area contributed by atoms with Gasteiger partial charge in [0.15, 0.2) is 5.76 Å². The first-order valence-corrected chi connectivity index (χ1v) is 12.1. The number of para-hydroxylation sites is 1. The van der Waals surface area contributed by atoms with Crippen molar-refractivity contribution in [3.05, 3.63) is 90.2 Å². The quantitative estimate of drug-likeness (QED) is 0.234. The van der Waals surface area contributed by atoms with E-state index in [0.29, 0.717) is 17.0 Å². The number of nitrogens with zero attached hydrogens (tertiary/aromatic N) is 1. The minimum Gasteiger partial charge on any atom is -0.480 e. The van der Waals surface area contributed by atoms with E-state index in [9.17, 15) is 23.5 Å². The molecule has 0 aliphatic rings. The van der Waals surface area contributed by atoms with Gasteiger partial charge in [-0.05, 0) is 46.9 Å². The molecule has 4 aromatic rings. The van der Waals surface area contributed by atoms with Crippen LogP contribution in [0.15, 0.2) is 83.3 Å². The molecule has 2 N–H and O–H groups in total. The highest BCUT2D eigenvalue weighted by molar-refractivity contribution is 7.80. The third kappa shape index (κ3) is 5.34. The Balaban J connectivity index is 1.49. The summed E-state index contributed by atoms with van der Waals surface area (Å²) in [7, 11) is 0. The van der Waals surface area contributed by atoms with Crippen molar-refractivity contribution in [3.63, 3.8) is 0 Å². The second kappa shape index (κ2) is 10.2. The van der Waals surface area contributed by atoms with Crippen LogP contribution < -0.4 is 4.31 Å². The number of ketones is 1. The third-order valence-electron chi connectivity index (χ3n) is 5.78. The zero-order chi connectivity index (χ0) is 25.1. The van der Waals surface area contributed by atoms with Crippen molar-refractivity contribution in [2.45, 2.75) is 26.3 Å². The molecular weight excluding hydrogens is 466 g/mol. The number of carboxylic acid groups (broad SMARTS) is 1. The SMILES string of the molecule is CC(C)C(C(=O)O)N(c1ccc(-c2ccc(CC(=O)c3cc4ccccc4o3)cc2)cc1)S(=O)O. The number of rotatable bonds is 9. The number of carbonyl (C=O) groups excluding carboxylic acids is 1. The Morgan fingerprint density at radius 3 is 2.09 bits per heavy atom. The van der Waals surface area contributed by atoms with Gasteiger partial charge in [0.2, 0.25) is 5.78 Å². The van der Waals surface area contributed by atoms with Crippen LogP contribution >= 0.6 is 0 Å². The summed E-state index contributed by atoms with van der Waals surface area (Å²) in [6.45, 7) is 3.38. The molecule has 0 saturated carbocycles. The molecular formula is C27H25NO6S. The van der Waals surface area contributed by atoms with Crippen molar-refractivity contribution in [1.82, 2.24) is 0 Å². The summed E-state index contributed by atoms with van der Waals surface area (Å²) in [6, 6.07) is 22.4. The van der Waals surface area contributed by atoms with Crippen molar-refractivity contribution < 1.29 is 27.9 Å². The van der Waals surface area contributed by atoms with Crippen LogP contribution in [-0.4, -0.2) is 31.7 Å². The highest BCUT2D eigenvalue weighted by atomic mass is 32.2. The molecule has 1 heterocycles. The van der Waals surface area contributed by atoms with Gasteiger partial charge in [-0.1, -0.05) is 68.4 Å². The van der Waals surface area contributed by atoms with Gasteiger partial charge in [0.25, 0.3) is 11.3 Å². The van der Waals surface area contributed by atoms with Crippen molar-refractivity contribution in [2.75, 3.05) is 4.31 Å². The summed E-state index contributed by atoms with van der Waals surface area (Å²) >= 11 is -2.49. The smallest absolute Gasteiger partial charge is 0.327 e. The summed E-state index contributed by atoms with van der Waals surface area (Å²) in [4.78, 5) is 24.3. The first kappa shape index (κ1) is 24.4. The summed E-state index contributed by atoms with van der Waals surface area (Å²) in [5, 5.41) is 10.4. The monoisotopic (exact) mass is 491 g/mol. The molecule has 0 aliphatic carbocycles. The van der Waals surface area contributed by atoms with Crippen molar-refractivity contribution in [1.29, 1.82) is 0 Å². The zero-order valence-electron chi connectivity index (χ0n) is 19.3. The van der Waals surface area contributed by atoms with Gasteiger partial charge in [0.05, 0.1) is 5.69 Å². The van der Waals surface area contributed by atoms with Gasteiger partial charge in [-0.3, -0.25) is 13.7 Å². The molecule has 0 amide bonds. The molecule has 0 aliphatic heterocycles. The van der Waals surface area contributed by atoms with Gasteiger partial charge in [0, 0.05) is 11.8 Å². The molecule has 1 aromatic heterocycles. The van der Waals surface area contributed by atoms with Gasteiger partial charge >= 0.3 is 5.97 Å². The maximum Gasteiger partial charge on any atom is 0.327 e. The van der Waals surface area contributed by atoms with E-state index in [2.05, 4.69) is 0 Å². The Kier molecular flexibility index (Phi) is 7.14. The fourth-order valence-corrected chi connectivity index (χ4v) is 4.84. The van der Waals surface area contributed by atoms with Crippen LogP contribution in [0.4, 0.5) is 5.69 Å². The first-order chi connectivity index (χ1) is 16.7. The second-order valence-electron chi connectivity index (χ2n) is 8.58. The van der Waals surface area contributed by atoms with Gasteiger partial charge in [-0.2, -0.15) is 0 Å². The predicted molar refractivity (Wildman–Crippen MR) is 136 cm³/mol. The summed E-state index contributed by atoms with van der Waals surface area (Å²) in [5.74, 6) is -1.32. The van der Waals surface area contributed by atoms with E-state index >= 15 is 0 Å². The lowest BCUT2D eigenvalue weighted by molar-refractivity contribution is -0.139. The van der Waals surface area contributed by atoms with E-state index < -0.39 is 23.3 Å². The fourth-order valence-electron chi connectivity index (χ4n) is 4.01. The van der Waals surface area contributed by atoms with Gasteiger partial charge < -0.3 is 9.52 Å². The van der Waals surface area contributed by atoms with E-state index in [4.69, 9.17) is 4.42 Å². The molecule has 0 radical (unpaired) electrons. The van der Waals surface area contributed by atoms with Gasteiger partial charge in [0.1, 0.15) is 11.6 Å². The number of carbonyl (C=O) groups is 2. The molecule has 7 nitrogen and oxygen atoms in total. The lowest BCUT2D eigenvalue weighted by atomic mass is 10.0. The van der Waals surface area contributed by atoms with E-state index in [1.54, 1.807) is 44.2 Å². The molecule has 0 spiro atoms. The lowest BCUT2D eigenvalue weighted by Crippen LogP contribution is -2.45. The molecule has 8 heteroatoms. The van der Waals surface area contributed by atoms with E-state index in [1.807, 2.05) is 48.5 Å². The minimum atomic E-state index is -2.49. The summed E-state index contributed by atoms with van der Waals surface area (Å²) in [5.41, 5.74) is 3.61. The van der Waals surface area contributed by atoms with Crippen LogP contribution in [0.5, 0.6) is 0 Å². The molecule has 0 saturated heterocycles. The molecule has 35 heavy (non-hydrogen) atoms. The number of Topliss-reactive ketones (excluding diaryl/α,β-unsaturated/α-hetero) is 1. The molecule has 2 unspecified atom stereocenters. The van der Waals surface area contributed by atoms with E-state index in [1.165, 1.54) is 0 Å². The zero-order valence-corrected chi connectivity index (χ0v) is 20.1. The van der Waals surface area contributed by atoms with Crippen LogP contribution in [0.3, 0.4) is 0 Å². The van der Waals surface area contributed by atoms with Crippen LogP contribution in [0, 0.1) is 5.92 Å². The molecule has 3 aromatic carbocycles. The van der Waals surface area contributed by atoms with Crippen molar-refractivity contribution in [3.8, 4) is 11.1 Å². The number of aliphatic carboxylic acids is 1. The number of anilines is 1. The molecule has 4 rings (SSSR count). The third-order valence-corrected chi connectivity index (χ3v) is 6.55. The summed E-state index contributed by atoms with van der Waals surface area (Å²) < 4.78 is 28.3. The second-order valence-corrected chi connectivity index (χ2v) is 9.43. The van der Waals surface area contributed by atoms with E-state index in [0.717, 1.165) is 26.4 Å². The van der Waals surface area contributed by atoms with Crippen LogP contribution in [0.25, 0.3) is 22.1 Å². The Labute approximate surface area is 205 Å². The first-order valence-electron chi connectivity index (χ1n) is 11.1. The molecule has 0 bridgehead atoms. The number of fused-ring (bicyclic) bond motifs is 1. The highest BCUT2D eigenvalue weighted by Crippen LogP contribution is 2.28. The standard InChI is InChI=1S/C27H25NO6S/c1-17(2)26(27(30)31)28(35(32)33)22-13-11-20(12-14-22)19-9-7-18(8-10-19)15-23(29)25-16-21-5-3-4-6-24(21)34-25/h3-14,16-17,26H,15H2,1-2H3,(H,30,31)(H,32,33). The van der Waals surface area contributed by atoms with Gasteiger partial charge in [-0.25, -0.2) is 9.00 Å². The number of hydrogen-bond donors (Lipinski definition) is 2. The molecule has 0 fully saturated rings. The number of carboxylic acids is 1. The predicted octanol–water partition coefficient (Wildman–Crippen LogP) is 5.58. The van der Waals surface area contributed by atoms with Crippen LogP contribution in [0.2, 0.25) is 0 Å². The van der Waals surface area contributed by atoms with Gasteiger partial charge in [-0.15, -0.1) is 0 Å². The Hall–Kier alpha value is -3.75.